The Morgan fingerprint density at radius 3 is 2.30 bits per heavy atom. The van der Waals surface area contributed by atoms with Gasteiger partial charge in [-0.1, -0.05) is 72.3 Å². The maximum atomic E-state index is 14.8. The maximum Gasteiger partial charge on any atom is 0.416 e. The van der Waals surface area contributed by atoms with Crippen LogP contribution in [0.4, 0.5) is 17.6 Å². The van der Waals surface area contributed by atoms with Gasteiger partial charge in [0, 0.05) is 25.2 Å². The van der Waals surface area contributed by atoms with Crippen LogP contribution in [0.15, 0.2) is 72.8 Å². The van der Waals surface area contributed by atoms with Crippen molar-refractivity contribution in [2.75, 3.05) is 19.6 Å². The molecule has 0 aliphatic carbocycles. The molecule has 0 unspecified atom stereocenters. The van der Waals surface area contributed by atoms with E-state index in [9.17, 15) is 17.6 Å². The van der Waals surface area contributed by atoms with Crippen molar-refractivity contribution in [2.45, 2.75) is 19.0 Å². The van der Waals surface area contributed by atoms with Crippen molar-refractivity contribution < 1.29 is 17.6 Å². The zero-order valence-electron chi connectivity index (χ0n) is 17.7. The Bertz CT molecular complexity index is 1130. The average Bonchev–Trinajstić information content (AvgIpc) is 2.80. The van der Waals surface area contributed by atoms with Gasteiger partial charge in [-0.15, -0.1) is 12.4 Å². The van der Waals surface area contributed by atoms with Crippen molar-refractivity contribution in [3.63, 3.8) is 0 Å². The Morgan fingerprint density at radius 2 is 1.64 bits per heavy atom. The third-order valence-corrected chi connectivity index (χ3v) is 6.21. The summed E-state index contributed by atoms with van der Waals surface area (Å²) in [5, 5.41) is 0.142. The molecular formula is C26H23Cl2F4N. The minimum Gasteiger partial charge on any atom is -0.299 e. The van der Waals surface area contributed by atoms with E-state index in [2.05, 4.69) is 4.90 Å². The summed E-state index contributed by atoms with van der Waals surface area (Å²) < 4.78 is 53.8. The summed E-state index contributed by atoms with van der Waals surface area (Å²) in [6, 6.07) is 18.4. The van der Waals surface area contributed by atoms with E-state index >= 15 is 0 Å². The molecule has 0 spiro atoms. The van der Waals surface area contributed by atoms with Crippen molar-refractivity contribution in [1.82, 2.24) is 4.90 Å². The first kappa shape index (κ1) is 25.3. The van der Waals surface area contributed by atoms with Gasteiger partial charge in [0.2, 0.25) is 0 Å². The van der Waals surface area contributed by atoms with E-state index < -0.39 is 17.6 Å². The smallest absolute Gasteiger partial charge is 0.299 e. The van der Waals surface area contributed by atoms with Crippen molar-refractivity contribution in [3.05, 3.63) is 100 Å². The fourth-order valence-electron chi connectivity index (χ4n) is 3.97. The van der Waals surface area contributed by atoms with Crippen molar-refractivity contribution in [2.24, 2.45) is 0 Å². The normalized spacial score (nSPS) is 14.5. The topological polar surface area (TPSA) is 3.24 Å². The second-order valence-corrected chi connectivity index (χ2v) is 8.25. The van der Waals surface area contributed by atoms with Crippen LogP contribution < -0.4 is 0 Å². The first-order chi connectivity index (χ1) is 15.3. The van der Waals surface area contributed by atoms with Crippen molar-refractivity contribution in [1.29, 1.82) is 0 Å². The summed E-state index contributed by atoms with van der Waals surface area (Å²) in [5.74, 6) is -0.416. The van der Waals surface area contributed by atoms with Crippen molar-refractivity contribution >= 4 is 29.6 Å². The summed E-state index contributed by atoms with van der Waals surface area (Å²) in [7, 11) is 0. The molecule has 0 bridgehead atoms. The van der Waals surface area contributed by atoms with Crippen LogP contribution in [-0.4, -0.2) is 24.5 Å². The fourth-order valence-corrected chi connectivity index (χ4v) is 4.23. The molecule has 0 amide bonds. The van der Waals surface area contributed by atoms with Crippen LogP contribution in [0.1, 0.15) is 23.1 Å². The third-order valence-electron chi connectivity index (χ3n) is 5.80. The third kappa shape index (κ3) is 5.97. The number of alkyl halides is 3. The fraction of sp³-hybridized carbons (Fsp3) is 0.231. The lowest BCUT2D eigenvalue weighted by Crippen LogP contribution is -2.30. The van der Waals surface area contributed by atoms with Crippen molar-refractivity contribution in [3.8, 4) is 11.1 Å². The summed E-state index contributed by atoms with van der Waals surface area (Å²) in [5.41, 5.74) is 2.91. The molecular weight excluding hydrogens is 473 g/mol. The predicted molar refractivity (Wildman–Crippen MR) is 128 cm³/mol. The molecule has 0 saturated carbocycles. The quantitative estimate of drug-likeness (QED) is 0.325. The van der Waals surface area contributed by atoms with E-state index in [0.29, 0.717) is 37.1 Å². The van der Waals surface area contributed by atoms with E-state index in [-0.39, 0.29) is 17.4 Å². The van der Waals surface area contributed by atoms with Gasteiger partial charge in [0.05, 0.1) is 10.6 Å². The monoisotopic (exact) mass is 495 g/mol. The largest absolute Gasteiger partial charge is 0.416 e. The molecule has 3 aromatic rings. The van der Waals surface area contributed by atoms with Gasteiger partial charge in [0.1, 0.15) is 5.82 Å². The van der Waals surface area contributed by atoms with E-state index in [4.69, 9.17) is 11.6 Å². The molecule has 0 saturated heterocycles. The summed E-state index contributed by atoms with van der Waals surface area (Å²) in [4.78, 5) is 2.19. The Kier molecular flexibility index (Phi) is 8.22. The number of benzene rings is 3. The Labute approximate surface area is 202 Å². The minimum atomic E-state index is -4.35. The first-order valence-electron chi connectivity index (χ1n) is 10.4. The van der Waals surface area contributed by atoms with Crippen LogP contribution in [0.5, 0.6) is 0 Å². The molecule has 7 heteroatoms. The average molecular weight is 496 g/mol. The lowest BCUT2D eigenvalue weighted by Gasteiger charge is -2.27. The van der Waals surface area contributed by atoms with Crippen LogP contribution in [0.25, 0.3) is 16.7 Å². The number of hydrogen-bond acceptors (Lipinski definition) is 1. The minimum absolute atomic E-state index is 0. The van der Waals surface area contributed by atoms with Gasteiger partial charge in [-0.25, -0.2) is 4.39 Å². The van der Waals surface area contributed by atoms with E-state index in [1.54, 1.807) is 12.1 Å². The standard InChI is InChI=1S/C26H22ClF4N.ClH/c27-24-20(9-10-23(25(24)28)19-5-2-1-3-6-19)13-16-32-14-11-18(12-15-32)21-7-4-8-22(17-21)26(29,30)31;/h1-11,17H,12-16H2;1H. The Morgan fingerprint density at radius 1 is 0.909 bits per heavy atom. The van der Waals surface area contributed by atoms with Crippen LogP contribution in [0.2, 0.25) is 5.02 Å². The van der Waals surface area contributed by atoms with Gasteiger partial charge >= 0.3 is 6.18 Å². The van der Waals surface area contributed by atoms with E-state index in [1.165, 1.54) is 12.1 Å². The van der Waals surface area contributed by atoms with Gasteiger partial charge in [-0.3, -0.25) is 4.90 Å². The second kappa shape index (κ2) is 10.7. The molecule has 33 heavy (non-hydrogen) atoms. The number of rotatable bonds is 5. The summed E-state index contributed by atoms with van der Waals surface area (Å²) >= 11 is 6.32. The van der Waals surface area contributed by atoms with Crippen LogP contribution in [0, 0.1) is 5.82 Å². The van der Waals surface area contributed by atoms with Gasteiger partial charge in [0.25, 0.3) is 0 Å². The lowest BCUT2D eigenvalue weighted by molar-refractivity contribution is -0.137. The predicted octanol–water partition coefficient (Wildman–Crippen LogP) is 7.92. The molecule has 0 radical (unpaired) electrons. The summed E-state index contributed by atoms with van der Waals surface area (Å²) in [6.07, 6.45) is -1.12. The number of halogens is 6. The summed E-state index contributed by atoms with van der Waals surface area (Å²) in [6.45, 7) is 2.05. The highest BCUT2D eigenvalue weighted by molar-refractivity contribution is 6.31. The molecule has 0 atom stereocenters. The Balaban J connectivity index is 0.00000306. The zero-order valence-corrected chi connectivity index (χ0v) is 19.3. The molecule has 174 valence electrons. The highest BCUT2D eigenvalue weighted by atomic mass is 35.5. The maximum absolute atomic E-state index is 14.8. The second-order valence-electron chi connectivity index (χ2n) is 7.87. The molecule has 0 N–H and O–H groups in total. The Hall–Kier alpha value is -2.34. The van der Waals surface area contributed by atoms with E-state index in [1.807, 2.05) is 42.5 Å². The van der Waals surface area contributed by atoms with Gasteiger partial charge in [-0.2, -0.15) is 13.2 Å². The lowest BCUT2D eigenvalue weighted by atomic mass is 9.97. The van der Waals surface area contributed by atoms with Gasteiger partial charge in [-0.05, 0) is 47.2 Å². The van der Waals surface area contributed by atoms with Gasteiger partial charge < -0.3 is 0 Å². The van der Waals surface area contributed by atoms with Crippen LogP contribution in [0.3, 0.4) is 0 Å². The first-order valence-corrected chi connectivity index (χ1v) is 10.8. The molecule has 1 nitrogen and oxygen atoms in total. The molecule has 1 heterocycles. The molecule has 4 rings (SSSR count). The zero-order chi connectivity index (χ0) is 22.7. The van der Waals surface area contributed by atoms with Crippen LogP contribution >= 0.6 is 24.0 Å². The number of hydrogen-bond donors (Lipinski definition) is 0. The highest BCUT2D eigenvalue weighted by Crippen LogP contribution is 2.33. The molecule has 0 fully saturated rings. The number of nitrogens with zero attached hydrogens (tertiary/aromatic N) is 1. The molecule has 3 aromatic carbocycles. The van der Waals surface area contributed by atoms with E-state index in [0.717, 1.165) is 29.3 Å². The van der Waals surface area contributed by atoms with Crippen LogP contribution in [-0.2, 0) is 12.6 Å². The SMILES string of the molecule is Cl.Fc1c(-c2ccccc2)ccc(CCN2CC=C(c3cccc(C(F)(F)F)c3)CC2)c1Cl. The molecule has 1 aliphatic heterocycles. The highest BCUT2D eigenvalue weighted by Gasteiger charge is 2.30. The molecule has 0 aromatic heterocycles. The molecule has 1 aliphatic rings. The van der Waals surface area contributed by atoms with Gasteiger partial charge in [0.15, 0.2) is 0 Å².